The van der Waals surface area contributed by atoms with Crippen LogP contribution in [-0.2, 0) is 23.2 Å². The van der Waals surface area contributed by atoms with Crippen molar-refractivity contribution in [2.24, 2.45) is 7.05 Å². The molecule has 0 saturated carbocycles. The number of amides is 4. The molecule has 13 nitrogen and oxygen atoms in total. The van der Waals surface area contributed by atoms with E-state index in [1.165, 1.54) is 15.8 Å². The minimum atomic E-state index is -0.969. The van der Waals surface area contributed by atoms with Crippen molar-refractivity contribution < 1.29 is 19.2 Å². The van der Waals surface area contributed by atoms with Gasteiger partial charge in [0.2, 0.25) is 11.8 Å². The van der Waals surface area contributed by atoms with E-state index in [9.17, 15) is 24.0 Å². The summed E-state index contributed by atoms with van der Waals surface area (Å²) >= 11 is 0. The topological polar surface area (TPSA) is 140 Å². The largest absolute Gasteiger partial charge is 0.379 e. The lowest BCUT2D eigenvalue weighted by Crippen LogP contribution is -2.54. The predicted octanol–water partition coefficient (Wildman–Crippen LogP) is 1.71. The zero-order valence-electron chi connectivity index (χ0n) is 28.1. The molecule has 0 aliphatic carbocycles. The van der Waals surface area contributed by atoms with Crippen molar-refractivity contribution in [2.45, 2.75) is 50.7 Å². The molecule has 1 aromatic heterocycles. The maximum atomic E-state index is 13.3. The van der Waals surface area contributed by atoms with Crippen molar-refractivity contribution in [1.29, 1.82) is 0 Å². The van der Waals surface area contributed by atoms with Gasteiger partial charge in [0.1, 0.15) is 6.04 Å². The third kappa shape index (κ3) is 6.47. The third-order valence-corrected chi connectivity index (χ3v) is 10.4. The van der Waals surface area contributed by atoms with Crippen LogP contribution < -0.4 is 21.1 Å². The number of rotatable bonds is 7. The second-order valence-corrected chi connectivity index (χ2v) is 13.8. The molecule has 5 heterocycles. The Morgan fingerprint density at radius 1 is 0.898 bits per heavy atom. The summed E-state index contributed by atoms with van der Waals surface area (Å²) in [7, 11) is 3.81. The Kier molecular flexibility index (Phi) is 8.80. The van der Waals surface area contributed by atoms with Crippen LogP contribution in [0.1, 0.15) is 62.6 Å². The molecule has 3 aromatic rings. The van der Waals surface area contributed by atoms with E-state index >= 15 is 0 Å². The van der Waals surface area contributed by atoms with Gasteiger partial charge in [-0.15, -0.1) is 0 Å². The van der Waals surface area contributed by atoms with Crippen LogP contribution in [0, 0.1) is 6.92 Å². The summed E-state index contributed by atoms with van der Waals surface area (Å²) < 4.78 is 1.36. The number of benzene rings is 2. The molecular formula is C36H42N8O5. The Balaban J connectivity index is 0.936. The first-order valence-electron chi connectivity index (χ1n) is 17.0. The van der Waals surface area contributed by atoms with Crippen molar-refractivity contribution in [3.8, 4) is 0 Å². The summed E-state index contributed by atoms with van der Waals surface area (Å²) in [5, 5.41) is 10.0. The van der Waals surface area contributed by atoms with Crippen molar-refractivity contribution in [1.82, 2.24) is 29.8 Å². The molecular weight excluding hydrogens is 624 g/mol. The molecule has 0 radical (unpaired) electrons. The van der Waals surface area contributed by atoms with E-state index in [-0.39, 0.29) is 30.3 Å². The number of aryl methyl sites for hydroxylation is 1. The maximum absolute atomic E-state index is 13.3. The maximum Gasteiger partial charge on any atom is 0.271 e. The van der Waals surface area contributed by atoms with Crippen LogP contribution in [-0.4, -0.2) is 107 Å². The standard InChI is InChI=1S/C36H42N8O5/c1-22-30(18-37-41(3)34(22)47)38-26-16-25(20-40(2)21-26)24-6-4-23(5-7-24)19-42-12-14-43(15-13-42)27-8-9-28-29(17-27)36(49)44(35(28)48)31-10-11-32(45)39-33(31)46/h4-9,17-18,25-26,31,38H,10-16,19-21H2,1-3H3,(H,39,45,46)/t25-,26+,31?/m0/s1. The molecule has 4 amide bonds. The number of nitrogens with one attached hydrogen (secondary N) is 2. The fourth-order valence-corrected chi connectivity index (χ4v) is 7.66. The highest BCUT2D eigenvalue weighted by Crippen LogP contribution is 2.32. The number of hydrogen-bond acceptors (Lipinski definition) is 10. The second kappa shape index (κ2) is 13.2. The monoisotopic (exact) mass is 666 g/mol. The van der Waals surface area contributed by atoms with Crippen LogP contribution in [0.2, 0.25) is 0 Å². The second-order valence-electron chi connectivity index (χ2n) is 13.8. The van der Waals surface area contributed by atoms with Gasteiger partial charge >= 0.3 is 0 Å². The van der Waals surface area contributed by atoms with Gasteiger partial charge in [0.15, 0.2) is 0 Å². The summed E-state index contributed by atoms with van der Waals surface area (Å²) in [5.41, 5.74) is 5.44. The van der Waals surface area contributed by atoms with Crippen LogP contribution in [0.25, 0.3) is 0 Å². The number of carbonyl (C=O) groups excluding carboxylic acids is 4. The Morgan fingerprint density at radius 3 is 2.37 bits per heavy atom. The fraction of sp³-hybridized carbons (Fsp3) is 0.444. The van der Waals surface area contributed by atoms with Gasteiger partial charge in [0.05, 0.1) is 23.0 Å². The SMILES string of the molecule is Cc1c(N[C@@H]2C[C@H](c3ccc(CN4CCN(c5ccc6c(c5)C(=O)N(C5CCC(=O)NC5=O)C6=O)CC4)cc3)CN(C)C2)cnn(C)c1=O. The van der Waals surface area contributed by atoms with Gasteiger partial charge in [-0.25, -0.2) is 4.68 Å². The number of likely N-dealkylation sites (N-methyl/N-ethyl adjacent to an activating group) is 1. The first kappa shape index (κ1) is 32.7. The van der Waals surface area contributed by atoms with Crippen LogP contribution >= 0.6 is 0 Å². The zero-order valence-corrected chi connectivity index (χ0v) is 28.1. The Labute approximate surface area is 284 Å². The molecule has 3 saturated heterocycles. The minimum Gasteiger partial charge on any atom is -0.379 e. The minimum absolute atomic E-state index is 0.0831. The lowest BCUT2D eigenvalue weighted by Gasteiger charge is -2.37. The number of anilines is 2. The number of carbonyl (C=O) groups is 4. The molecule has 2 N–H and O–H groups in total. The van der Waals surface area contributed by atoms with E-state index in [4.69, 9.17) is 0 Å². The van der Waals surface area contributed by atoms with Gasteiger partial charge in [-0.2, -0.15) is 5.10 Å². The van der Waals surface area contributed by atoms with E-state index in [2.05, 4.69) is 61.7 Å². The van der Waals surface area contributed by atoms with Gasteiger partial charge < -0.3 is 15.1 Å². The molecule has 7 rings (SSSR count). The van der Waals surface area contributed by atoms with E-state index in [1.54, 1.807) is 25.4 Å². The van der Waals surface area contributed by atoms with Crippen molar-refractivity contribution in [2.75, 3.05) is 56.5 Å². The average molecular weight is 667 g/mol. The van der Waals surface area contributed by atoms with Gasteiger partial charge in [0, 0.05) is 76.6 Å². The molecule has 2 aromatic carbocycles. The lowest BCUT2D eigenvalue weighted by atomic mass is 9.87. The first-order valence-corrected chi connectivity index (χ1v) is 17.0. The molecule has 256 valence electrons. The van der Waals surface area contributed by atoms with Crippen molar-refractivity contribution in [3.05, 3.63) is 86.8 Å². The average Bonchev–Trinajstić information content (AvgIpc) is 3.34. The molecule has 13 heteroatoms. The molecule has 0 spiro atoms. The van der Waals surface area contributed by atoms with Crippen molar-refractivity contribution >= 4 is 35.0 Å². The predicted molar refractivity (Wildman–Crippen MR) is 184 cm³/mol. The zero-order chi connectivity index (χ0) is 34.4. The molecule has 4 aliphatic heterocycles. The van der Waals surface area contributed by atoms with Gasteiger partial charge in [0.25, 0.3) is 17.4 Å². The molecule has 3 atom stereocenters. The third-order valence-electron chi connectivity index (χ3n) is 10.4. The van der Waals surface area contributed by atoms with Crippen LogP contribution in [0.15, 0.2) is 53.5 Å². The normalized spacial score (nSPS) is 23.5. The van der Waals surface area contributed by atoms with Crippen LogP contribution in [0.5, 0.6) is 0 Å². The van der Waals surface area contributed by atoms with Crippen LogP contribution in [0.4, 0.5) is 11.4 Å². The van der Waals surface area contributed by atoms with Crippen LogP contribution in [0.3, 0.4) is 0 Å². The highest BCUT2D eigenvalue weighted by Gasteiger charge is 2.44. The number of hydrogen-bond donors (Lipinski definition) is 2. The lowest BCUT2D eigenvalue weighted by molar-refractivity contribution is -0.136. The Morgan fingerprint density at radius 2 is 1.63 bits per heavy atom. The molecule has 4 aliphatic rings. The Bertz CT molecular complexity index is 1870. The summed E-state index contributed by atoms with van der Waals surface area (Å²) in [6.07, 6.45) is 2.94. The van der Waals surface area contributed by atoms with E-state index in [1.807, 2.05) is 13.0 Å². The molecule has 0 bridgehead atoms. The quantitative estimate of drug-likeness (QED) is 0.359. The van der Waals surface area contributed by atoms with Gasteiger partial charge in [-0.3, -0.25) is 39.1 Å². The number of likely N-dealkylation sites (tertiary alicyclic amines) is 1. The summed E-state index contributed by atoms with van der Waals surface area (Å²) in [4.78, 5) is 70.7. The summed E-state index contributed by atoms with van der Waals surface area (Å²) in [6, 6.07) is 13.5. The van der Waals surface area contributed by atoms with Gasteiger partial charge in [-0.1, -0.05) is 24.3 Å². The molecule has 49 heavy (non-hydrogen) atoms. The van der Waals surface area contributed by atoms with E-state index in [0.29, 0.717) is 22.6 Å². The van der Waals surface area contributed by atoms with E-state index in [0.717, 1.165) is 68.5 Å². The first-order chi connectivity index (χ1) is 23.5. The molecule has 1 unspecified atom stereocenters. The molecule has 3 fully saturated rings. The number of nitrogens with zero attached hydrogens (tertiary/aromatic N) is 6. The van der Waals surface area contributed by atoms with Gasteiger partial charge in [-0.05, 0) is 62.1 Å². The smallest absolute Gasteiger partial charge is 0.271 e. The summed E-state index contributed by atoms with van der Waals surface area (Å²) in [6.45, 7) is 7.82. The number of imide groups is 2. The van der Waals surface area contributed by atoms with Crippen molar-refractivity contribution in [3.63, 3.8) is 0 Å². The fourth-order valence-electron chi connectivity index (χ4n) is 7.66. The highest BCUT2D eigenvalue weighted by atomic mass is 16.2. The number of piperidine rings is 2. The number of piperazine rings is 1. The Hall–Kier alpha value is -4.88. The highest BCUT2D eigenvalue weighted by molar-refractivity contribution is 6.23. The van der Waals surface area contributed by atoms with E-state index < -0.39 is 23.8 Å². The number of aromatic nitrogens is 2. The summed E-state index contributed by atoms with van der Waals surface area (Å²) in [5.74, 6) is -1.59. The number of fused-ring (bicyclic) bond motifs is 1.